The predicted octanol–water partition coefficient (Wildman–Crippen LogP) is 4.46. The molecule has 1 fully saturated rings. The van der Waals surface area contributed by atoms with Gasteiger partial charge in [0.05, 0.1) is 7.11 Å². The molecule has 0 unspecified atom stereocenters. The monoisotopic (exact) mass is 288 g/mol. The van der Waals surface area contributed by atoms with E-state index in [1.807, 2.05) is 30.3 Å². The average Bonchev–Trinajstić information content (AvgIpc) is 3.01. The topological polar surface area (TPSA) is 35.0 Å². The lowest BCUT2D eigenvalue weighted by atomic mass is 10.0. The Hall–Kier alpha value is -1.61. The number of ether oxygens (including phenoxy) is 1. The number of hydrogen-bond donors (Lipinski definition) is 0. The Morgan fingerprint density at radius 1 is 1.10 bits per heavy atom. The molecular formula is C16H17ClN2O. The zero-order chi connectivity index (χ0) is 13.9. The molecule has 20 heavy (non-hydrogen) atoms. The molecular weight excluding hydrogens is 272 g/mol. The number of hydrogen-bond acceptors (Lipinski definition) is 3. The molecule has 4 heteroatoms. The van der Waals surface area contributed by atoms with Crippen molar-refractivity contribution in [1.29, 1.82) is 0 Å². The van der Waals surface area contributed by atoms with Gasteiger partial charge in [-0.2, -0.15) is 0 Å². The third-order valence-corrected chi connectivity index (χ3v) is 4.03. The summed E-state index contributed by atoms with van der Waals surface area (Å²) >= 11 is 6.16. The van der Waals surface area contributed by atoms with Crippen molar-refractivity contribution in [3.8, 4) is 17.1 Å². The van der Waals surface area contributed by atoms with Gasteiger partial charge in [0, 0.05) is 17.2 Å². The van der Waals surface area contributed by atoms with Crippen molar-refractivity contribution >= 4 is 11.6 Å². The molecule has 104 valence electrons. The molecule has 0 N–H and O–H groups in total. The van der Waals surface area contributed by atoms with Crippen LogP contribution >= 0.6 is 11.6 Å². The lowest BCUT2D eigenvalue weighted by Gasteiger charge is -2.11. The maximum absolute atomic E-state index is 6.16. The van der Waals surface area contributed by atoms with Crippen LogP contribution in [0, 0.1) is 0 Å². The van der Waals surface area contributed by atoms with Gasteiger partial charge < -0.3 is 4.74 Å². The van der Waals surface area contributed by atoms with Crippen LogP contribution in [0.5, 0.6) is 5.75 Å². The van der Waals surface area contributed by atoms with Crippen LogP contribution in [0.4, 0.5) is 0 Å². The Kier molecular flexibility index (Phi) is 3.88. The quantitative estimate of drug-likeness (QED) is 0.782. The summed E-state index contributed by atoms with van der Waals surface area (Å²) in [6, 6.07) is 9.65. The van der Waals surface area contributed by atoms with Gasteiger partial charge in [-0.15, -0.1) is 0 Å². The van der Waals surface area contributed by atoms with Crippen LogP contribution in [0.3, 0.4) is 0 Å². The van der Waals surface area contributed by atoms with Gasteiger partial charge in [-0.05, 0) is 43.2 Å². The molecule has 0 aliphatic heterocycles. The average molecular weight is 289 g/mol. The first-order chi connectivity index (χ1) is 9.76. The second-order valence-electron chi connectivity index (χ2n) is 5.15. The van der Waals surface area contributed by atoms with Crippen LogP contribution in [-0.4, -0.2) is 17.1 Å². The Labute approximate surface area is 124 Å². The molecule has 0 radical (unpaired) electrons. The highest BCUT2D eigenvalue weighted by molar-refractivity contribution is 6.29. The number of nitrogens with zero attached hydrogens (tertiary/aromatic N) is 2. The zero-order valence-corrected chi connectivity index (χ0v) is 12.2. The molecule has 3 nitrogen and oxygen atoms in total. The molecule has 1 aromatic carbocycles. The fraction of sp³-hybridized carbons (Fsp3) is 0.375. The summed E-state index contributed by atoms with van der Waals surface area (Å²) in [7, 11) is 1.66. The molecule has 2 aromatic rings. The third-order valence-electron chi connectivity index (χ3n) is 3.84. The fourth-order valence-corrected chi connectivity index (χ4v) is 2.93. The van der Waals surface area contributed by atoms with Gasteiger partial charge in [-0.3, -0.25) is 0 Å². The normalized spacial score (nSPS) is 15.5. The van der Waals surface area contributed by atoms with Gasteiger partial charge in [-0.1, -0.05) is 24.4 Å². The van der Waals surface area contributed by atoms with Crippen LogP contribution in [0.2, 0.25) is 5.15 Å². The minimum Gasteiger partial charge on any atom is -0.497 e. The Bertz CT molecular complexity index is 592. The van der Waals surface area contributed by atoms with Crippen LogP contribution in [-0.2, 0) is 0 Å². The summed E-state index contributed by atoms with van der Waals surface area (Å²) in [4.78, 5) is 9.05. The number of aromatic nitrogens is 2. The zero-order valence-electron chi connectivity index (χ0n) is 11.5. The lowest BCUT2D eigenvalue weighted by molar-refractivity contribution is 0.415. The molecule has 0 saturated heterocycles. The first-order valence-electron chi connectivity index (χ1n) is 6.95. The lowest BCUT2D eigenvalue weighted by Crippen LogP contribution is -2.00. The van der Waals surface area contributed by atoms with Crippen molar-refractivity contribution in [2.75, 3.05) is 7.11 Å². The predicted molar refractivity (Wildman–Crippen MR) is 80.2 cm³/mol. The Morgan fingerprint density at radius 2 is 1.80 bits per heavy atom. The van der Waals surface area contributed by atoms with Gasteiger partial charge in [0.2, 0.25) is 0 Å². The van der Waals surface area contributed by atoms with Gasteiger partial charge in [0.25, 0.3) is 0 Å². The van der Waals surface area contributed by atoms with E-state index in [0.29, 0.717) is 16.9 Å². The molecule has 3 rings (SSSR count). The van der Waals surface area contributed by atoms with E-state index in [2.05, 4.69) is 4.98 Å². The molecule has 1 heterocycles. The summed E-state index contributed by atoms with van der Waals surface area (Å²) in [5, 5.41) is 0.521. The number of methoxy groups -OCH3 is 1. The van der Waals surface area contributed by atoms with Gasteiger partial charge in [-0.25, -0.2) is 9.97 Å². The molecule has 1 aliphatic rings. The van der Waals surface area contributed by atoms with Gasteiger partial charge in [0.1, 0.15) is 10.9 Å². The summed E-state index contributed by atoms with van der Waals surface area (Å²) in [5.74, 6) is 2.06. The summed E-state index contributed by atoms with van der Waals surface area (Å²) in [5.41, 5.74) is 2.04. The Morgan fingerprint density at radius 3 is 2.45 bits per heavy atom. The highest BCUT2D eigenvalue weighted by Gasteiger charge is 2.20. The van der Waals surface area contributed by atoms with Crippen molar-refractivity contribution < 1.29 is 4.74 Å². The first kappa shape index (κ1) is 13.4. The van der Waals surface area contributed by atoms with E-state index in [4.69, 9.17) is 21.3 Å². The van der Waals surface area contributed by atoms with Crippen LogP contribution in [0.1, 0.15) is 37.3 Å². The SMILES string of the molecule is COc1ccc(-c2nc(Cl)cc(C3CCCC3)n2)cc1. The summed E-state index contributed by atoms with van der Waals surface area (Å²) < 4.78 is 5.17. The number of rotatable bonds is 3. The minimum atomic E-state index is 0.521. The van der Waals surface area contributed by atoms with Crippen LogP contribution in [0.15, 0.2) is 30.3 Å². The second-order valence-corrected chi connectivity index (χ2v) is 5.54. The van der Waals surface area contributed by atoms with Gasteiger partial charge >= 0.3 is 0 Å². The van der Waals surface area contributed by atoms with E-state index in [1.54, 1.807) is 7.11 Å². The van der Waals surface area contributed by atoms with E-state index in [1.165, 1.54) is 25.7 Å². The van der Waals surface area contributed by atoms with E-state index >= 15 is 0 Å². The summed E-state index contributed by atoms with van der Waals surface area (Å²) in [6.45, 7) is 0. The van der Waals surface area contributed by atoms with Crippen LogP contribution in [0.25, 0.3) is 11.4 Å². The molecule has 1 aliphatic carbocycles. The fourth-order valence-electron chi connectivity index (χ4n) is 2.73. The van der Waals surface area contributed by atoms with Crippen molar-refractivity contribution in [2.45, 2.75) is 31.6 Å². The number of halogens is 1. The van der Waals surface area contributed by atoms with E-state index in [9.17, 15) is 0 Å². The third kappa shape index (κ3) is 2.78. The largest absolute Gasteiger partial charge is 0.497 e. The smallest absolute Gasteiger partial charge is 0.161 e. The van der Waals surface area contributed by atoms with Gasteiger partial charge in [0.15, 0.2) is 5.82 Å². The highest BCUT2D eigenvalue weighted by atomic mass is 35.5. The van der Waals surface area contributed by atoms with Crippen molar-refractivity contribution in [1.82, 2.24) is 9.97 Å². The van der Waals surface area contributed by atoms with Crippen molar-refractivity contribution in [3.05, 3.63) is 41.2 Å². The molecule has 0 atom stereocenters. The molecule has 0 amide bonds. The van der Waals surface area contributed by atoms with Crippen molar-refractivity contribution in [2.24, 2.45) is 0 Å². The van der Waals surface area contributed by atoms with E-state index < -0.39 is 0 Å². The molecule has 1 aromatic heterocycles. The molecule has 0 bridgehead atoms. The maximum Gasteiger partial charge on any atom is 0.161 e. The molecule has 1 saturated carbocycles. The highest BCUT2D eigenvalue weighted by Crippen LogP contribution is 2.34. The van der Waals surface area contributed by atoms with E-state index in [-0.39, 0.29) is 0 Å². The molecule has 0 spiro atoms. The Balaban J connectivity index is 1.95. The minimum absolute atomic E-state index is 0.521. The first-order valence-corrected chi connectivity index (χ1v) is 7.33. The summed E-state index contributed by atoms with van der Waals surface area (Å²) in [6.07, 6.45) is 4.97. The van der Waals surface area contributed by atoms with Crippen molar-refractivity contribution in [3.63, 3.8) is 0 Å². The van der Waals surface area contributed by atoms with Crippen LogP contribution < -0.4 is 4.74 Å². The maximum atomic E-state index is 6.16. The second kappa shape index (κ2) is 5.80. The van der Waals surface area contributed by atoms with E-state index in [0.717, 1.165) is 17.0 Å². The number of benzene rings is 1. The standard InChI is InChI=1S/C16H17ClN2O/c1-20-13-8-6-12(7-9-13)16-18-14(10-15(17)19-16)11-4-2-3-5-11/h6-11H,2-5H2,1H3.